The molecule has 3 fully saturated rings. The summed E-state index contributed by atoms with van der Waals surface area (Å²) >= 11 is 0. The van der Waals surface area contributed by atoms with Gasteiger partial charge in [0.1, 0.15) is 0 Å². The summed E-state index contributed by atoms with van der Waals surface area (Å²) in [7, 11) is 0. The third-order valence-corrected chi connectivity index (χ3v) is 6.11. The van der Waals surface area contributed by atoms with Crippen molar-refractivity contribution in [3.63, 3.8) is 0 Å². The van der Waals surface area contributed by atoms with Gasteiger partial charge in [-0.3, -0.25) is 4.90 Å². The standard InChI is InChI=1S/C17H32N2/c1-14-5-6-16(15(2)11-14)19-10-4-8-17(13-19)7-3-9-18-12-17/h14-16,18H,3-13H2,1-2H3. The largest absolute Gasteiger partial charge is 0.316 e. The Bertz CT molecular complexity index is 290. The molecular formula is C17H32N2. The van der Waals surface area contributed by atoms with Gasteiger partial charge < -0.3 is 5.32 Å². The van der Waals surface area contributed by atoms with E-state index in [0.29, 0.717) is 5.41 Å². The minimum Gasteiger partial charge on any atom is -0.316 e. The number of likely N-dealkylation sites (tertiary alicyclic amines) is 1. The fourth-order valence-corrected chi connectivity index (χ4v) is 5.10. The van der Waals surface area contributed by atoms with Crippen LogP contribution in [0.2, 0.25) is 0 Å². The van der Waals surface area contributed by atoms with Gasteiger partial charge in [-0.25, -0.2) is 0 Å². The molecule has 4 atom stereocenters. The first kappa shape index (κ1) is 13.9. The molecular weight excluding hydrogens is 232 g/mol. The molecule has 0 aromatic heterocycles. The molecule has 2 heterocycles. The SMILES string of the molecule is CC1CCC(N2CCCC3(CCCNC3)C2)C(C)C1. The first-order valence-electron chi connectivity index (χ1n) is 8.63. The van der Waals surface area contributed by atoms with E-state index in [1.54, 1.807) is 0 Å². The second-order valence-electron chi connectivity index (χ2n) is 7.82. The van der Waals surface area contributed by atoms with Crippen molar-refractivity contribution in [1.82, 2.24) is 10.2 Å². The maximum absolute atomic E-state index is 3.66. The Kier molecular flexibility index (Phi) is 4.19. The summed E-state index contributed by atoms with van der Waals surface area (Å²) in [5.41, 5.74) is 0.624. The van der Waals surface area contributed by atoms with Crippen molar-refractivity contribution in [3.8, 4) is 0 Å². The number of rotatable bonds is 1. The topological polar surface area (TPSA) is 15.3 Å². The molecule has 2 nitrogen and oxygen atoms in total. The van der Waals surface area contributed by atoms with Gasteiger partial charge in [-0.1, -0.05) is 13.8 Å². The number of nitrogens with one attached hydrogen (secondary N) is 1. The van der Waals surface area contributed by atoms with Crippen LogP contribution in [0.4, 0.5) is 0 Å². The van der Waals surface area contributed by atoms with Gasteiger partial charge >= 0.3 is 0 Å². The molecule has 2 heteroatoms. The quantitative estimate of drug-likeness (QED) is 0.782. The number of hydrogen-bond acceptors (Lipinski definition) is 2. The maximum atomic E-state index is 3.66. The second-order valence-corrected chi connectivity index (χ2v) is 7.82. The van der Waals surface area contributed by atoms with E-state index in [-0.39, 0.29) is 0 Å². The van der Waals surface area contributed by atoms with Crippen LogP contribution in [0, 0.1) is 17.3 Å². The summed E-state index contributed by atoms with van der Waals surface area (Å²) in [5, 5.41) is 3.66. The van der Waals surface area contributed by atoms with Gasteiger partial charge in [0, 0.05) is 19.1 Å². The van der Waals surface area contributed by atoms with Gasteiger partial charge in [-0.15, -0.1) is 0 Å². The van der Waals surface area contributed by atoms with Crippen LogP contribution in [0.3, 0.4) is 0 Å². The van der Waals surface area contributed by atoms with Crippen LogP contribution in [0.25, 0.3) is 0 Å². The highest BCUT2D eigenvalue weighted by Crippen LogP contribution is 2.40. The molecule has 1 aliphatic carbocycles. The van der Waals surface area contributed by atoms with Crippen LogP contribution in [0.1, 0.15) is 58.8 Å². The summed E-state index contributed by atoms with van der Waals surface area (Å²) in [6.45, 7) is 10.2. The number of piperidine rings is 2. The molecule has 0 amide bonds. The molecule has 3 aliphatic rings. The Hall–Kier alpha value is -0.0800. The van der Waals surface area contributed by atoms with E-state index >= 15 is 0 Å². The molecule has 0 aromatic rings. The van der Waals surface area contributed by atoms with Gasteiger partial charge in [0.25, 0.3) is 0 Å². The van der Waals surface area contributed by atoms with Crippen LogP contribution >= 0.6 is 0 Å². The lowest BCUT2D eigenvalue weighted by atomic mass is 9.72. The predicted octanol–water partition coefficient (Wildman–Crippen LogP) is 3.28. The Morgan fingerprint density at radius 3 is 2.68 bits per heavy atom. The molecule has 0 bridgehead atoms. The molecule has 1 N–H and O–H groups in total. The molecule has 2 saturated heterocycles. The Labute approximate surface area is 119 Å². The molecule has 0 aromatic carbocycles. The summed E-state index contributed by atoms with van der Waals surface area (Å²) in [5.74, 6) is 1.87. The summed E-state index contributed by atoms with van der Waals surface area (Å²) < 4.78 is 0. The fraction of sp³-hybridized carbons (Fsp3) is 1.00. The smallest absolute Gasteiger partial charge is 0.0121 e. The lowest BCUT2D eigenvalue weighted by Gasteiger charge is -2.50. The van der Waals surface area contributed by atoms with Crippen LogP contribution in [-0.2, 0) is 0 Å². The van der Waals surface area contributed by atoms with Crippen molar-refractivity contribution in [3.05, 3.63) is 0 Å². The zero-order valence-corrected chi connectivity index (χ0v) is 13.0. The molecule has 110 valence electrons. The predicted molar refractivity (Wildman–Crippen MR) is 81.3 cm³/mol. The molecule has 19 heavy (non-hydrogen) atoms. The van der Waals surface area contributed by atoms with E-state index in [9.17, 15) is 0 Å². The Morgan fingerprint density at radius 2 is 1.95 bits per heavy atom. The lowest BCUT2D eigenvalue weighted by molar-refractivity contribution is 0.00369. The highest BCUT2D eigenvalue weighted by atomic mass is 15.2. The average Bonchev–Trinajstić information content (AvgIpc) is 2.39. The first-order valence-corrected chi connectivity index (χ1v) is 8.63. The molecule has 4 unspecified atom stereocenters. The van der Waals surface area contributed by atoms with Crippen molar-refractivity contribution < 1.29 is 0 Å². The minimum absolute atomic E-state index is 0.624. The summed E-state index contributed by atoms with van der Waals surface area (Å²) in [4.78, 5) is 2.88. The van der Waals surface area contributed by atoms with Gasteiger partial charge in [-0.05, 0) is 75.3 Å². The van der Waals surface area contributed by atoms with E-state index in [0.717, 1.165) is 17.9 Å². The molecule has 3 rings (SSSR count). The van der Waals surface area contributed by atoms with Crippen LogP contribution in [0.15, 0.2) is 0 Å². The maximum Gasteiger partial charge on any atom is 0.0121 e. The Morgan fingerprint density at radius 1 is 1.11 bits per heavy atom. The van der Waals surface area contributed by atoms with E-state index in [4.69, 9.17) is 0 Å². The highest BCUT2D eigenvalue weighted by Gasteiger charge is 2.40. The van der Waals surface area contributed by atoms with Crippen LogP contribution in [0.5, 0.6) is 0 Å². The van der Waals surface area contributed by atoms with Crippen molar-refractivity contribution in [2.75, 3.05) is 26.2 Å². The zero-order chi connectivity index (χ0) is 13.3. The van der Waals surface area contributed by atoms with Gasteiger partial charge in [0.05, 0.1) is 0 Å². The molecule has 1 spiro atoms. The van der Waals surface area contributed by atoms with Gasteiger partial charge in [-0.2, -0.15) is 0 Å². The third-order valence-electron chi connectivity index (χ3n) is 6.11. The van der Waals surface area contributed by atoms with Crippen LogP contribution < -0.4 is 5.32 Å². The van der Waals surface area contributed by atoms with Crippen molar-refractivity contribution in [2.24, 2.45) is 17.3 Å². The molecule has 1 saturated carbocycles. The van der Waals surface area contributed by atoms with E-state index in [1.807, 2.05) is 0 Å². The molecule has 2 aliphatic heterocycles. The van der Waals surface area contributed by atoms with E-state index < -0.39 is 0 Å². The van der Waals surface area contributed by atoms with Crippen molar-refractivity contribution in [2.45, 2.75) is 64.8 Å². The number of hydrogen-bond donors (Lipinski definition) is 1. The lowest BCUT2D eigenvalue weighted by Crippen LogP contribution is -2.55. The number of nitrogens with zero attached hydrogens (tertiary/aromatic N) is 1. The second kappa shape index (κ2) is 5.73. The average molecular weight is 264 g/mol. The van der Waals surface area contributed by atoms with Crippen LogP contribution in [-0.4, -0.2) is 37.1 Å². The van der Waals surface area contributed by atoms with Crippen molar-refractivity contribution in [1.29, 1.82) is 0 Å². The third kappa shape index (κ3) is 3.00. The zero-order valence-electron chi connectivity index (χ0n) is 13.0. The van der Waals surface area contributed by atoms with Gasteiger partial charge in [0.2, 0.25) is 0 Å². The van der Waals surface area contributed by atoms with E-state index in [1.165, 1.54) is 71.1 Å². The normalized spacial score (nSPS) is 45.5. The Balaban J connectivity index is 1.64. The van der Waals surface area contributed by atoms with Crippen molar-refractivity contribution >= 4 is 0 Å². The van der Waals surface area contributed by atoms with Gasteiger partial charge in [0.15, 0.2) is 0 Å². The minimum atomic E-state index is 0.624. The summed E-state index contributed by atoms with van der Waals surface area (Å²) in [6.07, 6.45) is 10.1. The fourth-order valence-electron chi connectivity index (χ4n) is 5.10. The summed E-state index contributed by atoms with van der Waals surface area (Å²) in [6, 6.07) is 0.885. The van der Waals surface area contributed by atoms with E-state index in [2.05, 4.69) is 24.1 Å². The first-order chi connectivity index (χ1) is 9.19. The molecule has 0 radical (unpaired) electrons. The highest BCUT2D eigenvalue weighted by molar-refractivity contribution is 4.95. The monoisotopic (exact) mass is 264 g/mol.